The zero-order chi connectivity index (χ0) is 10.4. The summed E-state index contributed by atoms with van der Waals surface area (Å²) >= 11 is 0. The van der Waals surface area contributed by atoms with Crippen molar-refractivity contribution in [1.29, 1.82) is 0 Å². The van der Waals surface area contributed by atoms with Crippen LogP contribution in [0.25, 0.3) is 0 Å². The predicted molar refractivity (Wildman–Crippen MR) is 60.2 cm³/mol. The third-order valence-corrected chi connectivity index (χ3v) is 3.03. The van der Waals surface area contributed by atoms with Crippen LogP contribution in [0.1, 0.15) is 58.3 Å². The van der Waals surface area contributed by atoms with Crippen LogP contribution in [-0.2, 0) is 4.79 Å². The second-order valence-electron chi connectivity index (χ2n) is 4.63. The molecule has 0 aliphatic heterocycles. The predicted octanol–water partition coefficient (Wildman–Crippen LogP) is 3.88. The van der Waals surface area contributed by atoms with Gasteiger partial charge in [0.1, 0.15) is 5.78 Å². The van der Waals surface area contributed by atoms with Gasteiger partial charge in [-0.3, -0.25) is 4.79 Å². The molecule has 1 heteroatoms. The molecule has 0 aromatic rings. The summed E-state index contributed by atoms with van der Waals surface area (Å²) in [5.74, 6) is 0.764. The van der Waals surface area contributed by atoms with E-state index in [1.165, 1.54) is 25.7 Å². The molecule has 14 heavy (non-hydrogen) atoms. The summed E-state index contributed by atoms with van der Waals surface area (Å²) < 4.78 is 0. The van der Waals surface area contributed by atoms with Gasteiger partial charge in [-0.05, 0) is 26.2 Å². The Labute approximate surface area is 87.6 Å². The summed E-state index contributed by atoms with van der Waals surface area (Å²) in [7, 11) is 0. The highest BCUT2D eigenvalue weighted by Gasteiger charge is 2.18. The second-order valence-corrected chi connectivity index (χ2v) is 4.63. The molecule has 0 bridgehead atoms. The number of Topliss-reactive ketones (excluding diaryl/α,β-unsaturated/α-hetero) is 1. The average Bonchev–Trinajstić information content (AvgIpc) is 2.20. The minimum absolute atomic E-state index is 0.283. The summed E-state index contributed by atoms with van der Waals surface area (Å²) in [4.78, 5) is 11.8. The molecule has 0 aromatic carbocycles. The van der Waals surface area contributed by atoms with E-state index in [1.54, 1.807) is 0 Å². The van der Waals surface area contributed by atoms with Crippen LogP contribution in [0, 0.1) is 5.92 Å². The van der Waals surface area contributed by atoms with Gasteiger partial charge in [0, 0.05) is 12.3 Å². The van der Waals surface area contributed by atoms with Crippen LogP contribution in [0.15, 0.2) is 12.2 Å². The Bertz CT molecular complexity index is 205. The van der Waals surface area contributed by atoms with E-state index in [4.69, 9.17) is 0 Å². The lowest BCUT2D eigenvalue weighted by Crippen LogP contribution is -2.14. The number of allylic oxidation sites excluding steroid dienone is 1. The van der Waals surface area contributed by atoms with E-state index in [9.17, 15) is 4.79 Å². The van der Waals surface area contributed by atoms with Gasteiger partial charge in [0.05, 0.1) is 0 Å². The third-order valence-electron chi connectivity index (χ3n) is 3.03. The van der Waals surface area contributed by atoms with E-state index in [2.05, 4.69) is 6.58 Å². The molecule has 0 amide bonds. The molecule has 1 unspecified atom stereocenters. The summed E-state index contributed by atoms with van der Waals surface area (Å²) in [6.07, 6.45) is 9.00. The SMILES string of the molecule is C=C(C)CC1CCCCCCCC1=O. The summed E-state index contributed by atoms with van der Waals surface area (Å²) in [6, 6.07) is 0. The van der Waals surface area contributed by atoms with Crippen LogP contribution in [0.3, 0.4) is 0 Å². The average molecular weight is 194 g/mol. The van der Waals surface area contributed by atoms with Crippen molar-refractivity contribution < 1.29 is 4.79 Å². The van der Waals surface area contributed by atoms with E-state index in [-0.39, 0.29) is 5.92 Å². The first-order chi connectivity index (χ1) is 6.70. The van der Waals surface area contributed by atoms with E-state index in [0.29, 0.717) is 5.78 Å². The monoisotopic (exact) mass is 194 g/mol. The summed E-state index contributed by atoms with van der Waals surface area (Å²) in [5, 5.41) is 0. The van der Waals surface area contributed by atoms with Crippen molar-refractivity contribution in [1.82, 2.24) is 0 Å². The van der Waals surface area contributed by atoms with Gasteiger partial charge >= 0.3 is 0 Å². The first kappa shape index (κ1) is 11.5. The van der Waals surface area contributed by atoms with Crippen molar-refractivity contribution in [2.45, 2.75) is 58.3 Å². The standard InChI is InChI=1S/C13H22O/c1-11(2)10-12-8-6-4-3-5-7-9-13(12)14/h12H,1,3-10H2,2H3. The van der Waals surface area contributed by atoms with Gasteiger partial charge in [-0.25, -0.2) is 0 Å². The lowest BCUT2D eigenvalue weighted by atomic mass is 9.90. The van der Waals surface area contributed by atoms with Crippen LogP contribution in [0.4, 0.5) is 0 Å². The number of rotatable bonds is 2. The zero-order valence-corrected chi connectivity index (χ0v) is 9.35. The molecule has 80 valence electrons. The molecule has 1 nitrogen and oxygen atoms in total. The lowest BCUT2D eigenvalue weighted by molar-refractivity contribution is -0.123. The quantitative estimate of drug-likeness (QED) is 0.610. The largest absolute Gasteiger partial charge is 0.299 e. The molecule has 0 spiro atoms. The highest BCUT2D eigenvalue weighted by atomic mass is 16.1. The maximum atomic E-state index is 11.8. The van der Waals surface area contributed by atoms with Crippen molar-refractivity contribution in [3.05, 3.63) is 12.2 Å². The van der Waals surface area contributed by atoms with Crippen LogP contribution in [0.5, 0.6) is 0 Å². The van der Waals surface area contributed by atoms with Crippen LogP contribution in [0.2, 0.25) is 0 Å². The van der Waals surface area contributed by atoms with Crippen molar-refractivity contribution in [2.24, 2.45) is 5.92 Å². The Morgan fingerprint density at radius 1 is 1.29 bits per heavy atom. The van der Waals surface area contributed by atoms with Gasteiger partial charge in [-0.1, -0.05) is 31.3 Å². The van der Waals surface area contributed by atoms with Gasteiger partial charge in [-0.2, -0.15) is 0 Å². The van der Waals surface area contributed by atoms with Crippen LogP contribution < -0.4 is 0 Å². The van der Waals surface area contributed by atoms with Crippen molar-refractivity contribution in [3.63, 3.8) is 0 Å². The molecular weight excluding hydrogens is 172 g/mol. The van der Waals surface area contributed by atoms with Crippen LogP contribution in [-0.4, -0.2) is 5.78 Å². The Kier molecular flexibility index (Phi) is 4.92. The van der Waals surface area contributed by atoms with E-state index in [1.807, 2.05) is 6.92 Å². The smallest absolute Gasteiger partial charge is 0.136 e. The molecule has 1 aliphatic carbocycles. The molecule has 0 N–H and O–H groups in total. The van der Waals surface area contributed by atoms with Gasteiger partial charge in [0.2, 0.25) is 0 Å². The normalized spacial score (nSPS) is 24.9. The molecule has 0 heterocycles. The maximum absolute atomic E-state index is 11.8. The second kappa shape index (κ2) is 6.00. The van der Waals surface area contributed by atoms with Crippen molar-refractivity contribution in [3.8, 4) is 0 Å². The summed E-state index contributed by atoms with van der Waals surface area (Å²) in [5.41, 5.74) is 1.16. The topological polar surface area (TPSA) is 17.1 Å². The fraction of sp³-hybridized carbons (Fsp3) is 0.769. The van der Waals surface area contributed by atoms with Gasteiger partial charge in [0.15, 0.2) is 0 Å². The third kappa shape index (κ3) is 4.08. The summed E-state index contributed by atoms with van der Waals surface area (Å²) in [6.45, 7) is 5.94. The Balaban J connectivity index is 2.48. The molecular formula is C13H22O. The number of hydrogen-bond acceptors (Lipinski definition) is 1. The highest BCUT2D eigenvalue weighted by molar-refractivity contribution is 5.81. The molecule has 1 atom stereocenters. The van der Waals surface area contributed by atoms with Crippen molar-refractivity contribution >= 4 is 5.78 Å². The molecule has 1 saturated carbocycles. The van der Waals surface area contributed by atoms with E-state index >= 15 is 0 Å². The Morgan fingerprint density at radius 3 is 2.64 bits per heavy atom. The first-order valence-corrected chi connectivity index (χ1v) is 5.87. The fourth-order valence-corrected chi connectivity index (χ4v) is 2.22. The van der Waals surface area contributed by atoms with Gasteiger partial charge < -0.3 is 0 Å². The highest BCUT2D eigenvalue weighted by Crippen LogP contribution is 2.23. The molecule has 0 saturated heterocycles. The zero-order valence-electron chi connectivity index (χ0n) is 9.35. The number of hydrogen-bond donors (Lipinski definition) is 0. The molecule has 0 radical (unpaired) electrons. The Morgan fingerprint density at radius 2 is 1.93 bits per heavy atom. The van der Waals surface area contributed by atoms with Crippen molar-refractivity contribution in [2.75, 3.05) is 0 Å². The maximum Gasteiger partial charge on any atom is 0.136 e. The van der Waals surface area contributed by atoms with Gasteiger partial charge in [-0.15, -0.1) is 6.58 Å². The first-order valence-electron chi connectivity index (χ1n) is 5.87. The Hall–Kier alpha value is -0.590. The number of ketones is 1. The van der Waals surface area contributed by atoms with E-state index in [0.717, 1.165) is 31.3 Å². The molecule has 1 aliphatic rings. The molecule has 1 rings (SSSR count). The minimum atomic E-state index is 0.283. The number of carbonyl (C=O) groups excluding carboxylic acids is 1. The minimum Gasteiger partial charge on any atom is -0.299 e. The van der Waals surface area contributed by atoms with Crippen LogP contribution >= 0.6 is 0 Å². The molecule has 1 fully saturated rings. The molecule has 0 aromatic heterocycles. The fourth-order valence-electron chi connectivity index (χ4n) is 2.22. The number of carbonyl (C=O) groups is 1. The lowest BCUT2D eigenvalue weighted by Gasteiger charge is -2.14. The van der Waals surface area contributed by atoms with Gasteiger partial charge in [0.25, 0.3) is 0 Å². The van der Waals surface area contributed by atoms with E-state index < -0.39 is 0 Å².